The molecule has 0 bridgehead atoms. The van der Waals surface area contributed by atoms with Crippen molar-refractivity contribution in [2.24, 2.45) is 0 Å². The van der Waals surface area contributed by atoms with Gasteiger partial charge in [0, 0.05) is 25.7 Å². The average molecular weight is 374 g/mol. The van der Waals surface area contributed by atoms with Crippen LogP contribution in [0.15, 0.2) is 53.4 Å². The van der Waals surface area contributed by atoms with Crippen molar-refractivity contribution in [1.82, 2.24) is 9.21 Å². The van der Waals surface area contributed by atoms with Gasteiger partial charge in [-0.05, 0) is 24.7 Å². The van der Waals surface area contributed by atoms with E-state index >= 15 is 0 Å². The highest BCUT2D eigenvalue weighted by atomic mass is 32.2. The fraction of sp³-hybridized carbons (Fsp3) is 0.368. The molecule has 0 amide bonds. The molecule has 0 saturated carbocycles. The quantitative estimate of drug-likeness (QED) is 0.824. The zero-order valence-corrected chi connectivity index (χ0v) is 15.5. The van der Waals surface area contributed by atoms with E-state index in [1.165, 1.54) is 0 Å². The lowest BCUT2D eigenvalue weighted by Gasteiger charge is -2.39. The minimum atomic E-state index is -3.65. The number of benzene rings is 2. The van der Waals surface area contributed by atoms with Crippen LogP contribution >= 0.6 is 0 Å². The van der Waals surface area contributed by atoms with Crippen LogP contribution in [0.5, 0.6) is 11.5 Å². The first-order chi connectivity index (χ1) is 12.6. The normalized spacial score (nSPS) is 21.5. The average Bonchev–Trinajstić information content (AvgIpc) is 2.68. The van der Waals surface area contributed by atoms with Crippen LogP contribution in [0.25, 0.3) is 0 Å². The van der Waals surface area contributed by atoms with Gasteiger partial charge in [-0.15, -0.1) is 0 Å². The second-order valence-electron chi connectivity index (χ2n) is 6.61. The Morgan fingerprint density at radius 2 is 1.69 bits per heavy atom. The number of hydrogen-bond acceptors (Lipinski definition) is 5. The second-order valence-corrected chi connectivity index (χ2v) is 8.50. The van der Waals surface area contributed by atoms with Crippen LogP contribution in [0.2, 0.25) is 0 Å². The summed E-state index contributed by atoms with van der Waals surface area (Å²) in [5.74, 6) is 1.08. The molecule has 2 heterocycles. The maximum atomic E-state index is 13.4. The van der Waals surface area contributed by atoms with Gasteiger partial charge in [-0.1, -0.05) is 30.3 Å². The van der Waals surface area contributed by atoms with Gasteiger partial charge in [-0.2, -0.15) is 4.31 Å². The summed E-state index contributed by atoms with van der Waals surface area (Å²) in [6.45, 7) is 2.72. The first kappa shape index (κ1) is 17.3. The molecule has 1 atom stereocenters. The summed E-state index contributed by atoms with van der Waals surface area (Å²) < 4.78 is 39.4. The Kier molecular flexibility index (Phi) is 4.60. The zero-order chi connectivity index (χ0) is 18.1. The molecule has 0 radical (unpaired) electrons. The van der Waals surface area contributed by atoms with E-state index < -0.39 is 10.0 Å². The molecule has 0 N–H and O–H groups in total. The molecule has 6 nitrogen and oxygen atoms in total. The van der Waals surface area contributed by atoms with Crippen LogP contribution in [-0.4, -0.2) is 57.5 Å². The van der Waals surface area contributed by atoms with Crippen LogP contribution in [0.4, 0.5) is 0 Å². The predicted octanol–water partition coefficient (Wildman–Crippen LogP) is 2.14. The highest BCUT2D eigenvalue weighted by Crippen LogP contribution is 2.36. The number of rotatable bonds is 3. The molecule has 0 aromatic heterocycles. The minimum absolute atomic E-state index is 0.215. The van der Waals surface area contributed by atoms with Gasteiger partial charge < -0.3 is 14.4 Å². The van der Waals surface area contributed by atoms with Gasteiger partial charge in [0.2, 0.25) is 10.0 Å². The minimum Gasteiger partial charge on any atom is -0.486 e. The van der Waals surface area contributed by atoms with Crippen molar-refractivity contribution >= 4 is 10.0 Å². The highest BCUT2D eigenvalue weighted by molar-refractivity contribution is 7.89. The number of hydrogen-bond donors (Lipinski definition) is 0. The fourth-order valence-corrected chi connectivity index (χ4v) is 5.07. The zero-order valence-electron chi connectivity index (χ0n) is 14.7. The summed E-state index contributed by atoms with van der Waals surface area (Å²) in [5.41, 5.74) is 1.00. The van der Waals surface area contributed by atoms with Crippen LogP contribution in [0, 0.1) is 0 Å². The number of fused-ring (bicyclic) bond motifs is 1. The summed E-state index contributed by atoms with van der Waals surface area (Å²) in [4.78, 5) is 2.40. The Bertz CT molecular complexity index is 886. The topological polar surface area (TPSA) is 59.1 Å². The number of ether oxygens (including phenoxy) is 2. The van der Waals surface area contributed by atoms with Crippen molar-refractivity contribution in [3.63, 3.8) is 0 Å². The van der Waals surface area contributed by atoms with Crippen molar-refractivity contribution in [1.29, 1.82) is 0 Å². The first-order valence-electron chi connectivity index (χ1n) is 8.71. The molecule has 4 rings (SSSR count). The Labute approximate surface area is 154 Å². The molecule has 0 spiro atoms. The van der Waals surface area contributed by atoms with E-state index in [-0.39, 0.29) is 10.9 Å². The van der Waals surface area contributed by atoms with E-state index in [4.69, 9.17) is 9.47 Å². The van der Waals surface area contributed by atoms with Crippen molar-refractivity contribution in [2.75, 3.05) is 39.9 Å². The van der Waals surface area contributed by atoms with Crippen molar-refractivity contribution in [3.8, 4) is 11.5 Å². The molecular formula is C19H22N2O4S. The summed E-state index contributed by atoms with van der Waals surface area (Å²) in [7, 11) is -1.63. The first-order valence-corrected chi connectivity index (χ1v) is 10.1. The van der Waals surface area contributed by atoms with Gasteiger partial charge >= 0.3 is 0 Å². The number of piperazine rings is 1. The third kappa shape index (κ3) is 3.18. The van der Waals surface area contributed by atoms with E-state index in [9.17, 15) is 8.42 Å². The largest absolute Gasteiger partial charge is 0.486 e. The van der Waals surface area contributed by atoms with Crippen LogP contribution in [-0.2, 0) is 10.0 Å². The third-order valence-electron chi connectivity index (χ3n) is 4.84. The predicted molar refractivity (Wildman–Crippen MR) is 98.0 cm³/mol. The molecule has 7 heteroatoms. The second kappa shape index (κ2) is 6.90. The molecule has 0 aliphatic carbocycles. The molecule has 26 heavy (non-hydrogen) atoms. The summed E-state index contributed by atoms with van der Waals surface area (Å²) in [5, 5.41) is 0. The summed E-state index contributed by atoms with van der Waals surface area (Å²) in [6.07, 6.45) is 0. The summed E-state index contributed by atoms with van der Waals surface area (Å²) >= 11 is 0. The third-order valence-corrected chi connectivity index (χ3v) is 6.74. The molecule has 2 aliphatic rings. The molecule has 138 valence electrons. The number of sulfonamides is 1. The lowest BCUT2D eigenvalue weighted by molar-refractivity contribution is 0.160. The highest BCUT2D eigenvalue weighted by Gasteiger charge is 2.36. The number of likely N-dealkylation sites (N-methyl/N-ethyl adjacent to an activating group) is 1. The summed E-state index contributed by atoms with van der Waals surface area (Å²) in [6, 6.07) is 14.4. The van der Waals surface area contributed by atoms with Gasteiger partial charge in [-0.3, -0.25) is 0 Å². The van der Waals surface area contributed by atoms with Crippen molar-refractivity contribution in [3.05, 3.63) is 54.1 Å². The standard InChI is InChI=1S/C19H22N2O4S/c1-20-9-10-21(17(14-20)15-5-3-2-4-6-15)26(22,23)16-7-8-18-19(13-16)25-12-11-24-18/h2-8,13,17H,9-12,14H2,1H3/t17-/m0/s1. The molecule has 0 unspecified atom stereocenters. The Balaban J connectivity index is 1.71. The van der Waals surface area contributed by atoms with Gasteiger partial charge in [-0.25, -0.2) is 8.42 Å². The van der Waals surface area contributed by atoms with E-state index in [1.807, 2.05) is 37.4 Å². The molecule has 2 aromatic rings. The Hall–Kier alpha value is -2.09. The van der Waals surface area contributed by atoms with Gasteiger partial charge in [0.1, 0.15) is 13.2 Å². The molecule has 1 fully saturated rings. The lowest BCUT2D eigenvalue weighted by Crippen LogP contribution is -2.49. The van der Waals surface area contributed by atoms with E-state index in [0.717, 1.165) is 5.56 Å². The van der Waals surface area contributed by atoms with Gasteiger partial charge in [0.25, 0.3) is 0 Å². The van der Waals surface area contributed by atoms with E-state index in [2.05, 4.69) is 4.90 Å². The van der Waals surface area contributed by atoms with Crippen molar-refractivity contribution in [2.45, 2.75) is 10.9 Å². The van der Waals surface area contributed by atoms with Crippen molar-refractivity contribution < 1.29 is 17.9 Å². The lowest BCUT2D eigenvalue weighted by atomic mass is 10.1. The maximum Gasteiger partial charge on any atom is 0.243 e. The molecule has 1 saturated heterocycles. The molecule has 2 aliphatic heterocycles. The molecule has 2 aromatic carbocycles. The van der Waals surface area contributed by atoms with Crippen LogP contribution in [0.1, 0.15) is 11.6 Å². The smallest absolute Gasteiger partial charge is 0.243 e. The van der Waals surface area contributed by atoms with E-state index in [0.29, 0.717) is 44.3 Å². The Morgan fingerprint density at radius 3 is 2.46 bits per heavy atom. The van der Waals surface area contributed by atoms with Crippen LogP contribution < -0.4 is 9.47 Å². The SMILES string of the molecule is CN1CCN(S(=O)(=O)c2ccc3c(c2)OCCO3)[C@H](c2ccccc2)C1. The fourth-order valence-electron chi connectivity index (χ4n) is 3.46. The number of nitrogens with zero attached hydrogens (tertiary/aromatic N) is 2. The molecular weight excluding hydrogens is 352 g/mol. The van der Waals surface area contributed by atoms with Gasteiger partial charge in [0.05, 0.1) is 10.9 Å². The maximum absolute atomic E-state index is 13.4. The monoisotopic (exact) mass is 374 g/mol. The Morgan fingerprint density at radius 1 is 0.962 bits per heavy atom. The van der Waals surface area contributed by atoms with Gasteiger partial charge in [0.15, 0.2) is 11.5 Å². The van der Waals surface area contributed by atoms with Crippen LogP contribution in [0.3, 0.4) is 0 Å². The van der Waals surface area contributed by atoms with E-state index in [1.54, 1.807) is 22.5 Å².